The first-order chi connectivity index (χ1) is 7.75. The lowest BCUT2D eigenvalue weighted by Crippen LogP contribution is -2.20. The van der Waals surface area contributed by atoms with Crippen LogP contribution in [0.4, 0.5) is 5.69 Å². The Morgan fingerprint density at radius 3 is 2.75 bits per heavy atom. The Morgan fingerprint density at radius 1 is 1.38 bits per heavy atom. The van der Waals surface area contributed by atoms with Gasteiger partial charge < -0.3 is 11.1 Å². The van der Waals surface area contributed by atoms with Gasteiger partial charge >= 0.3 is 0 Å². The fourth-order valence-corrected chi connectivity index (χ4v) is 1.56. The first-order valence-corrected chi connectivity index (χ1v) is 5.29. The van der Waals surface area contributed by atoms with Gasteiger partial charge in [-0.05, 0) is 5.56 Å². The molecule has 16 heavy (non-hydrogen) atoms. The number of benzene rings is 1. The van der Waals surface area contributed by atoms with Crippen LogP contribution in [0, 0.1) is 0 Å². The summed E-state index contributed by atoms with van der Waals surface area (Å²) >= 11 is 0. The quantitative estimate of drug-likeness (QED) is 0.815. The minimum Gasteiger partial charge on any atom is -0.381 e. The van der Waals surface area contributed by atoms with Crippen molar-refractivity contribution >= 4 is 5.69 Å². The lowest BCUT2D eigenvalue weighted by atomic mass is 10.1. The third kappa shape index (κ3) is 2.61. The molecule has 84 valence electrons. The molecular formula is C12H16N4. The van der Waals surface area contributed by atoms with Gasteiger partial charge in [0.05, 0.1) is 11.9 Å². The number of nitrogens with one attached hydrogen (secondary N) is 1. The number of nitrogens with two attached hydrogens (primary N) is 1. The predicted molar refractivity (Wildman–Crippen MR) is 65.1 cm³/mol. The number of aryl methyl sites for hydroxylation is 1. The van der Waals surface area contributed by atoms with E-state index in [1.165, 1.54) is 0 Å². The molecule has 1 heterocycles. The second kappa shape index (κ2) is 4.81. The lowest BCUT2D eigenvalue weighted by Gasteiger charge is -2.12. The van der Waals surface area contributed by atoms with Gasteiger partial charge in [-0.3, -0.25) is 4.68 Å². The van der Waals surface area contributed by atoms with E-state index in [1.54, 1.807) is 10.9 Å². The van der Waals surface area contributed by atoms with E-state index in [0.717, 1.165) is 11.3 Å². The Labute approximate surface area is 95.1 Å². The van der Waals surface area contributed by atoms with E-state index in [-0.39, 0.29) is 6.04 Å². The molecule has 2 aromatic rings. The molecule has 2 rings (SSSR count). The highest BCUT2D eigenvalue weighted by atomic mass is 15.3. The summed E-state index contributed by atoms with van der Waals surface area (Å²) in [6, 6.07) is 10.1. The van der Waals surface area contributed by atoms with E-state index in [4.69, 9.17) is 5.73 Å². The third-order valence-electron chi connectivity index (χ3n) is 2.46. The van der Waals surface area contributed by atoms with Crippen molar-refractivity contribution in [3.8, 4) is 0 Å². The smallest absolute Gasteiger partial charge is 0.0727 e. The van der Waals surface area contributed by atoms with Gasteiger partial charge in [0.2, 0.25) is 0 Å². The maximum absolute atomic E-state index is 6.06. The number of aromatic nitrogens is 2. The zero-order valence-corrected chi connectivity index (χ0v) is 9.30. The summed E-state index contributed by atoms with van der Waals surface area (Å²) in [5, 5.41) is 7.34. The van der Waals surface area contributed by atoms with Crippen molar-refractivity contribution in [1.82, 2.24) is 9.78 Å². The van der Waals surface area contributed by atoms with E-state index in [0.29, 0.717) is 6.54 Å². The van der Waals surface area contributed by atoms with Crippen LogP contribution in [0.3, 0.4) is 0 Å². The second-order valence-electron chi connectivity index (χ2n) is 3.80. The van der Waals surface area contributed by atoms with Crippen molar-refractivity contribution in [2.75, 3.05) is 11.9 Å². The molecule has 0 aliphatic rings. The zero-order chi connectivity index (χ0) is 11.4. The predicted octanol–water partition coefficient (Wildman–Crippen LogP) is 1.53. The minimum atomic E-state index is 0.00130. The number of hydrogen-bond donors (Lipinski definition) is 2. The Hall–Kier alpha value is -1.81. The monoisotopic (exact) mass is 216 g/mol. The second-order valence-corrected chi connectivity index (χ2v) is 3.80. The fourth-order valence-electron chi connectivity index (χ4n) is 1.56. The van der Waals surface area contributed by atoms with Gasteiger partial charge in [0.15, 0.2) is 0 Å². The van der Waals surface area contributed by atoms with Gasteiger partial charge in [-0.1, -0.05) is 30.3 Å². The van der Waals surface area contributed by atoms with Gasteiger partial charge in [-0.25, -0.2) is 0 Å². The van der Waals surface area contributed by atoms with Crippen molar-refractivity contribution in [2.45, 2.75) is 6.04 Å². The Morgan fingerprint density at radius 2 is 2.12 bits per heavy atom. The highest BCUT2D eigenvalue weighted by Gasteiger charge is 2.04. The molecule has 0 bridgehead atoms. The van der Waals surface area contributed by atoms with Gasteiger partial charge in [0.1, 0.15) is 0 Å². The van der Waals surface area contributed by atoms with Crippen LogP contribution in [0.2, 0.25) is 0 Å². The highest BCUT2D eigenvalue weighted by Crippen LogP contribution is 2.11. The lowest BCUT2D eigenvalue weighted by molar-refractivity contribution is 0.761. The van der Waals surface area contributed by atoms with Crippen LogP contribution in [0.5, 0.6) is 0 Å². The topological polar surface area (TPSA) is 55.9 Å². The molecule has 0 saturated heterocycles. The van der Waals surface area contributed by atoms with Crippen LogP contribution in [0.15, 0.2) is 42.7 Å². The fraction of sp³-hybridized carbons (Fsp3) is 0.250. The molecular weight excluding hydrogens is 200 g/mol. The highest BCUT2D eigenvalue weighted by molar-refractivity contribution is 5.38. The zero-order valence-electron chi connectivity index (χ0n) is 9.30. The SMILES string of the molecule is Cn1cc(NCC(N)c2ccccc2)cn1. The molecule has 0 fully saturated rings. The molecule has 3 N–H and O–H groups in total. The molecule has 1 aromatic heterocycles. The van der Waals surface area contributed by atoms with E-state index in [9.17, 15) is 0 Å². The van der Waals surface area contributed by atoms with Gasteiger partial charge in [-0.15, -0.1) is 0 Å². The van der Waals surface area contributed by atoms with E-state index in [2.05, 4.69) is 10.4 Å². The van der Waals surface area contributed by atoms with Gasteiger partial charge in [0.25, 0.3) is 0 Å². The van der Waals surface area contributed by atoms with E-state index < -0.39 is 0 Å². The summed E-state index contributed by atoms with van der Waals surface area (Å²) in [4.78, 5) is 0. The molecule has 0 aliphatic heterocycles. The average molecular weight is 216 g/mol. The summed E-state index contributed by atoms with van der Waals surface area (Å²) in [5.41, 5.74) is 8.19. The normalized spacial score (nSPS) is 12.4. The Kier molecular flexibility index (Phi) is 3.22. The maximum Gasteiger partial charge on any atom is 0.0727 e. The third-order valence-corrected chi connectivity index (χ3v) is 2.46. The van der Waals surface area contributed by atoms with Crippen LogP contribution in [0.25, 0.3) is 0 Å². The van der Waals surface area contributed by atoms with Crippen molar-refractivity contribution in [3.63, 3.8) is 0 Å². The number of hydrogen-bond acceptors (Lipinski definition) is 3. The van der Waals surface area contributed by atoms with E-state index in [1.807, 2.05) is 43.6 Å². The van der Waals surface area contributed by atoms with Crippen LogP contribution < -0.4 is 11.1 Å². The first-order valence-electron chi connectivity index (χ1n) is 5.29. The van der Waals surface area contributed by atoms with Crippen LogP contribution in [-0.4, -0.2) is 16.3 Å². The Balaban J connectivity index is 1.91. The molecule has 1 aromatic carbocycles. The van der Waals surface area contributed by atoms with Crippen LogP contribution in [0.1, 0.15) is 11.6 Å². The largest absolute Gasteiger partial charge is 0.381 e. The Bertz CT molecular complexity index is 435. The number of rotatable bonds is 4. The molecule has 0 radical (unpaired) electrons. The molecule has 0 spiro atoms. The summed E-state index contributed by atoms with van der Waals surface area (Å²) in [6.07, 6.45) is 3.72. The molecule has 4 heteroatoms. The van der Waals surface area contributed by atoms with Crippen molar-refractivity contribution in [3.05, 3.63) is 48.3 Å². The summed E-state index contributed by atoms with van der Waals surface area (Å²) in [5.74, 6) is 0. The van der Waals surface area contributed by atoms with Gasteiger partial charge in [0, 0.05) is 25.8 Å². The summed E-state index contributed by atoms with van der Waals surface area (Å²) in [6.45, 7) is 0.704. The maximum atomic E-state index is 6.06. The van der Waals surface area contributed by atoms with Crippen molar-refractivity contribution in [1.29, 1.82) is 0 Å². The molecule has 1 unspecified atom stereocenters. The molecule has 1 atom stereocenters. The minimum absolute atomic E-state index is 0.00130. The first kappa shape index (κ1) is 10.7. The molecule has 4 nitrogen and oxygen atoms in total. The number of nitrogens with zero attached hydrogens (tertiary/aromatic N) is 2. The summed E-state index contributed by atoms with van der Waals surface area (Å²) < 4.78 is 1.76. The van der Waals surface area contributed by atoms with Crippen LogP contribution in [-0.2, 0) is 7.05 Å². The number of anilines is 1. The average Bonchev–Trinajstić information content (AvgIpc) is 2.73. The van der Waals surface area contributed by atoms with Gasteiger partial charge in [-0.2, -0.15) is 5.10 Å². The van der Waals surface area contributed by atoms with E-state index >= 15 is 0 Å². The van der Waals surface area contributed by atoms with Crippen molar-refractivity contribution in [2.24, 2.45) is 12.8 Å². The molecule has 0 saturated carbocycles. The van der Waals surface area contributed by atoms with Crippen LogP contribution >= 0.6 is 0 Å². The molecule has 0 amide bonds. The molecule has 0 aliphatic carbocycles. The standard InChI is InChI=1S/C12H16N4/c1-16-9-11(7-15-16)14-8-12(13)10-5-3-2-4-6-10/h2-7,9,12,14H,8,13H2,1H3. The summed E-state index contributed by atoms with van der Waals surface area (Å²) in [7, 11) is 1.89. The van der Waals surface area contributed by atoms with Crippen molar-refractivity contribution < 1.29 is 0 Å².